The minimum absolute atomic E-state index is 0.0743. The van der Waals surface area contributed by atoms with Crippen LogP contribution < -0.4 is 21.7 Å². The van der Waals surface area contributed by atoms with Crippen LogP contribution in [0.2, 0.25) is 0 Å². The molecule has 5 rings (SSSR count). The molecule has 4 N–H and O–H groups in total. The first-order valence-electron chi connectivity index (χ1n) is 12.8. The number of aromatic amines is 1. The second kappa shape index (κ2) is 11.3. The molecule has 40 heavy (non-hydrogen) atoms. The predicted molar refractivity (Wildman–Crippen MR) is 161 cm³/mol. The molecule has 2 heterocycles. The Morgan fingerprint density at radius 1 is 1.10 bits per heavy atom. The number of anilines is 2. The van der Waals surface area contributed by atoms with Crippen molar-refractivity contribution in [1.29, 1.82) is 0 Å². The Bertz CT molecular complexity index is 1720. The minimum atomic E-state index is -0.457. The fourth-order valence-corrected chi connectivity index (χ4v) is 4.76. The molecule has 2 aromatic heterocycles. The number of hydrazine groups is 1. The number of nitrogens with two attached hydrogens (primary N) is 1. The van der Waals surface area contributed by atoms with Crippen molar-refractivity contribution in [2.45, 2.75) is 13.3 Å². The van der Waals surface area contributed by atoms with E-state index in [9.17, 15) is 9.59 Å². The summed E-state index contributed by atoms with van der Waals surface area (Å²) >= 11 is 0. The summed E-state index contributed by atoms with van der Waals surface area (Å²) in [6.07, 6.45) is 6.06. The van der Waals surface area contributed by atoms with E-state index in [1.807, 2.05) is 73.8 Å². The van der Waals surface area contributed by atoms with E-state index in [1.54, 1.807) is 41.0 Å². The second-order valence-electron chi connectivity index (χ2n) is 9.56. The Hall–Kier alpha value is -5.21. The van der Waals surface area contributed by atoms with Gasteiger partial charge in [-0.1, -0.05) is 43.0 Å². The second-order valence-corrected chi connectivity index (χ2v) is 9.56. The van der Waals surface area contributed by atoms with Gasteiger partial charge in [0.25, 0.3) is 11.5 Å². The molecule has 1 amide bonds. The predicted octanol–water partition coefficient (Wildman–Crippen LogP) is 5.33. The molecular formula is C32H30N6O2. The van der Waals surface area contributed by atoms with Crippen LogP contribution in [0.3, 0.4) is 0 Å². The Balaban J connectivity index is 1.39. The van der Waals surface area contributed by atoms with Crippen LogP contribution in [0.4, 0.5) is 11.4 Å². The van der Waals surface area contributed by atoms with Crippen LogP contribution >= 0.6 is 0 Å². The van der Waals surface area contributed by atoms with Crippen molar-refractivity contribution in [3.8, 4) is 16.8 Å². The van der Waals surface area contributed by atoms with Gasteiger partial charge < -0.3 is 10.3 Å². The lowest BCUT2D eigenvalue weighted by atomic mass is 9.93. The fraction of sp³-hybridized carbons (Fsp3) is 0.0938. The molecule has 3 aromatic carbocycles. The number of H-pyrrole nitrogens is 1. The fourth-order valence-electron chi connectivity index (χ4n) is 4.76. The first-order chi connectivity index (χ1) is 19.4. The average Bonchev–Trinajstić information content (AvgIpc) is 3.49. The number of carbonyl (C=O) groups excluding carboxylic acids is 1. The summed E-state index contributed by atoms with van der Waals surface area (Å²) in [6.45, 7) is 5.79. The number of nitrogens with zero attached hydrogens (tertiary/aromatic N) is 3. The Morgan fingerprint density at radius 3 is 2.50 bits per heavy atom. The topological polar surface area (TPSA) is 109 Å². The number of rotatable bonds is 8. The first-order valence-corrected chi connectivity index (χ1v) is 12.8. The Kier molecular flexibility index (Phi) is 7.43. The van der Waals surface area contributed by atoms with Crippen molar-refractivity contribution in [2.75, 3.05) is 17.4 Å². The highest BCUT2D eigenvalue weighted by Gasteiger charge is 2.16. The lowest BCUT2D eigenvalue weighted by molar-refractivity contribution is 0.102. The standard InChI is InChI=1S/C32H30N6O2/c1-4-23-17-24(29(18-30(23)37(3)33)25-19-34-35-20-25)16-22-11-13-26(14-12-22)36-31(39)28-15-10-21(2)38(32(28)40)27-8-6-5-7-9-27/h4-15,17-20H,1,16,33H2,2-3H3,(H,34,35)(H,36,39). The van der Waals surface area contributed by atoms with Gasteiger partial charge >= 0.3 is 0 Å². The zero-order valence-corrected chi connectivity index (χ0v) is 22.4. The number of amides is 1. The quantitative estimate of drug-likeness (QED) is 0.186. The molecule has 0 spiro atoms. The molecule has 0 unspecified atom stereocenters. The van der Waals surface area contributed by atoms with Crippen LogP contribution in [0, 0.1) is 6.92 Å². The molecule has 0 atom stereocenters. The van der Waals surface area contributed by atoms with Crippen molar-refractivity contribution in [2.24, 2.45) is 5.84 Å². The molecule has 8 heteroatoms. The van der Waals surface area contributed by atoms with Gasteiger partial charge in [-0.2, -0.15) is 5.10 Å². The molecule has 200 valence electrons. The van der Waals surface area contributed by atoms with Gasteiger partial charge in [0, 0.05) is 35.9 Å². The molecule has 0 radical (unpaired) electrons. The van der Waals surface area contributed by atoms with Gasteiger partial charge in [-0.05, 0) is 84.1 Å². The lowest BCUT2D eigenvalue weighted by Gasteiger charge is -2.19. The van der Waals surface area contributed by atoms with Gasteiger partial charge in [-0.15, -0.1) is 0 Å². The van der Waals surface area contributed by atoms with Crippen LogP contribution in [0.5, 0.6) is 0 Å². The van der Waals surface area contributed by atoms with Crippen LogP contribution in [0.15, 0.2) is 103 Å². The van der Waals surface area contributed by atoms with E-state index in [1.165, 1.54) is 0 Å². The van der Waals surface area contributed by atoms with Gasteiger partial charge in [-0.3, -0.25) is 19.3 Å². The summed E-state index contributed by atoms with van der Waals surface area (Å²) in [7, 11) is 1.79. The van der Waals surface area contributed by atoms with E-state index in [-0.39, 0.29) is 11.1 Å². The number of hydrogen-bond donors (Lipinski definition) is 3. The van der Waals surface area contributed by atoms with Crippen molar-refractivity contribution < 1.29 is 4.79 Å². The Morgan fingerprint density at radius 2 is 1.85 bits per heavy atom. The van der Waals surface area contributed by atoms with Crippen LogP contribution in [-0.2, 0) is 6.42 Å². The zero-order valence-electron chi connectivity index (χ0n) is 22.4. The highest BCUT2D eigenvalue weighted by atomic mass is 16.2. The Labute approximate surface area is 232 Å². The lowest BCUT2D eigenvalue weighted by Crippen LogP contribution is -2.29. The number of carbonyl (C=O) groups is 1. The van der Waals surface area contributed by atoms with E-state index in [2.05, 4.69) is 28.2 Å². The monoisotopic (exact) mass is 530 g/mol. The molecule has 0 aliphatic rings. The van der Waals surface area contributed by atoms with Gasteiger partial charge in [0.05, 0.1) is 11.9 Å². The molecule has 0 saturated heterocycles. The summed E-state index contributed by atoms with van der Waals surface area (Å²) in [6, 6.07) is 24.3. The van der Waals surface area contributed by atoms with Crippen molar-refractivity contribution in [1.82, 2.24) is 14.8 Å². The van der Waals surface area contributed by atoms with E-state index >= 15 is 0 Å². The van der Waals surface area contributed by atoms with Crippen molar-refractivity contribution in [3.05, 3.63) is 136 Å². The molecule has 8 nitrogen and oxygen atoms in total. The van der Waals surface area contributed by atoms with Gasteiger partial charge in [0.1, 0.15) is 5.56 Å². The number of aromatic nitrogens is 3. The summed E-state index contributed by atoms with van der Waals surface area (Å²) in [5.74, 6) is 5.62. The van der Waals surface area contributed by atoms with Crippen LogP contribution in [0.25, 0.3) is 22.9 Å². The third-order valence-electron chi connectivity index (χ3n) is 6.80. The van der Waals surface area contributed by atoms with Crippen molar-refractivity contribution >= 4 is 23.4 Å². The number of hydrogen-bond acceptors (Lipinski definition) is 5. The van der Waals surface area contributed by atoms with E-state index in [0.717, 1.165) is 39.2 Å². The zero-order chi connectivity index (χ0) is 28.2. The average molecular weight is 531 g/mol. The maximum atomic E-state index is 13.2. The maximum Gasteiger partial charge on any atom is 0.268 e. The molecule has 0 saturated carbocycles. The normalized spacial score (nSPS) is 10.8. The van der Waals surface area contributed by atoms with Gasteiger partial charge in [-0.25, -0.2) is 5.84 Å². The summed E-state index contributed by atoms with van der Waals surface area (Å²) < 4.78 is 1.54. The van der Waals surface area contributed by atoms with Crippen LogP contribution in [-0.4, -0.2) is 27.7 Å². The molecule has 0 bridgehead atoms. The number of benzene rings is 3. The van der Waals surface area contributed by atoms with Crippen molar-refractivity contribution in [3.63, 3.8) is 0 Å². The largest absolute Gasteiger partial charge is 0.322 e. The summed E-state index contributed by atoms with van der Waals surface area (Å²) in [5.41, 5.74) is 7.65. The van der Waals surface area contributed by atoms with E-state index < -0.39 is 5.91 Å². The van der Waals surface area contributed by atoms with Crippen LogP contribution in [0.1, 0.15) is 32.7 Å². The number of aryl methyl sites for hydroxylation is 1. The van der Waals surface area contributed by atoms with Gasteiger partial charge in [0.15, 0.2) is 0 Å². The molecule has 0 fully saturated rings. The summed E-state index contributed by atoms with van der Waals surface area (Å²) in [5, 5.41) is 11.4. The highest BCUT2D eigenvalue weighted by molar-refractivity contribution is 6.04. The third kappa shape index (κ3) is 5.34. The first kappa shape index (κ1) is 26.4. The molecule has 0 aliphatic carbocycles. The molecule has 0 aliphatic heterocycles. The number of pyridine rings is 1. The van der Waals surface area contributed by atoms with E-state index in [0.29, 0.717) is 17.8 Å². The molecular weight excluding hydrogens is 500 g/mol. The molecule has 5 aromatic rings. The number of nitrogens with one attached hydrogen (secondary N) is 2. The highest BCUT2D eigenvalue weighted by Crippen LogP contribution is 2.32. The summed E-state index contributed by atoms with van der Waals surface area (Å²) in [4.78, 5) is 26.3. The smallest absolute Gasteiger partial charge is 0.268 e. The van der Waals surface area contributed by atoms with Gasteiger partial charge in [0.2, 0.25) is 0 Å². The third-order valence-corrected chi connectivity index (χ3v) is 6.80. The van der Waals surface area contributed by atoms with E-state index in [4.69, 9.17) is 5.84 Å². The minimum Gasteiger partial charge on any atom is -0.322 e. The maximum absolute atomic E-state index is 13.2. The number of para-hydroxylation sites is 1. The SMILES string of the molecule is C=Cc1cc(Cc2ccc(NC(=O)c3ccc(C)n(-c4ccccc4)c3=O)cc2)c(-c2cn[nH]c2)cc1N(C)N.